The van der Waals surface area contributed by atoms with Crippen molar-refractivity contribution in [1.29, 1.82) is 0 Å². The summed E-state index contributed by atoms with van der Waals surface area (Å²) in [5.41, 5.74) is -0.0181. The predicted molar refractivity (Wildman–Crippen MR) is 85.7 cm³/mol. The van der Waals surface area contributed by atoms with Gasteiger partial charge in [-0.15, -0.1) is 0 Å². The van der Waals surface area contributed by atoms with Crippen LogP contribution >= 0.6 is 0 Å². The van der Waals surface area contributed by atoms with Crippen LogP contribution in [0, 0.1) is 45.3 Å². The highest BCUT2D eigenvalue weighted by molar-refractivity contribution is 5.85. The highest BCUT2D eigenvalue weighted by Crippen LogP contribution is 2.85. The van der Waals surface area contributed by atoms with E-state index in [-0.39, 0.29) is 21.7 Å². The molecule has 0 aromatic rings. The number of hydrogen-bond acceptors (Lipinski definition) is 2. The van der Waals surface area contributed by atoms with Crippen LogP contribution in [0.4, 0.5) is 0 Å². The summed E-state index contributed by atoms with van der Waals surface area (Å²) in [5, 5.41) is 9.79. The second kappa shape index (κ2) is 3.70. The summed E-state index contributed by atoms with van der Waals surface area (Å²) < 4.78 is 0. The van der Waals surface area contributed by atoms with Gasteiger partial charge in [-0.25, -0.2) is 0 Å². The van der Waals surface area contributed by atoms with Crippen molar-refractivity contribution in [2.24, 2.45) is 45.3 Å². The first-order valence-electron chi connectivity index (χ1n) is 9.45. The lowest BCUT2D eigenvalue weighted by atomic mass is 9.39. The van der Waals surface area contributed by atoms with E-state index in [0.717, 1.165) is 44.9 Å². The van der Waals surface area contributed by atoms with Gasteiger partial charge in [0.2, 0.25) is 0 Å². The number of Topliss-reactive ketones (excluding diaryl/α,β-unsaturated/α-hetero) is 1. The molecule has 6 rings (SSSR count). The fourth-order valence-corrected chi connectivity index (χ4v) is 8.59. The summed E-state index contributed by atoms with van der Waals surface area (Å²) >= 11 is 0. The monoisotopic (exact) mass is 316 g/mol. The highest BCUT2D eigenvalue weighted by Gasteiger charge is 2.83. The Morgan fingerprint density at radius 1 is 1.13 bits per heavy atom. The SMILES string of the molecule is CC1(C)C(=O)CC[C@@]2(C)[C@@H]3C[C@@H]4[C@@H]5C[C@@]3(CC[C@@H]12)C[C@]45C(=O)O. The van der Waals surface area contributed by atoms with Crippen molar-refractivity contribution < 1.29 is 14.7 Å². The molecule has 23 heavy (non-hydrogen) atoms. The molecular weight excluding hydrogens is 288 g/mol. The second-order valence-corrected chi connectivity index (χ2v) is 10.3. The number of carboxylic acid groups (broad SMARTS) is 1. The van der Waals surface area contributed by atoms with Gasteiger partial charge in [-0.1, -0.05) is 20.8 Å². The summed E-state index contributed by atoms with van der Waals surface area (Å²) in [5.74, 6) is 1.97. The van der Waals surface area contributed by atoms with Gasteiger partial charge in [-0.2, -0.15) is 0 Å². The Morgan fingerprint density at radius 3 is 2.52 bits per heavy atom. The molecule has 7 atom stereocenters. The summed E-state index contributed by atoms with van der Waals surface area (Å²) in [6, 6.07) is 0. The molecule has 6 fully saturated rings. The molecule has 0 amide bonds. The van der Waals surface area contributed by atoms with Crippen LogP contribution < -0.4 is 0 Å². The van der Waals surface area contributed by atoms with Gasteiger partial charge in [0.15, 0.2) is 0 Å². The summed E-state index contributed by atoms with van der Waals surface area (Å²) in [6.45, 7) is 6.78. The van der Waals surface area contributed by atoms with Crippen LogP contribution in [0.25, 0.3) is 0 Å². The van der Waals surface area contributed by atoms with Crippen LogP contribution in [0.5, 0.6) is 0 Å². The minimum Gasteiger partial charge on any atom is -0.481 e. The topological polar surface area (TPSA) is 54.4 Å². The third-order valence-corrected chi connectivity index (χ3v) is 9.60. The molecular formula is C20H28O3. The number of hydrogen-bond donors (Lipinski definition) is 1. The van der Waals surface area contributed by atoms with Gasteiger partial charge in [0, 0.05) is 11.8 Å². The normalized spacial score (nSPS) is 58.3. The molecule has 0 aromatic heterocycles. The second-order valence-electron chi connectivity index (χ2n) is 10.3. The molecule has 1 N–H and O–H groups in total. The Balaban J connectivity index is 1.55. The summed E-state index contributed by atoms with van der Waals surface area (Å²) in [6.07, 6.45) is 7.26. The van der Waals surface area contributed by atoms with Gasteiger partial charge < -0.3 is 5.11 Å². The van der Waals surface area contributed by atoms with Crippen molar-refractivity contribution in [1.82, 2.24) is 0 Å². The van der Waals surface area contributed by atoms with E-state index in [9.17, 15) is 14.7 Å². The molecule has 1 spiro atoms. The molecule has 0 heterocycles. The van der Waals surface area contributed by atoms with Crippen LogP contribution in [-0.4, -0.2) is 16.9 Å². The van der Waals surface area contributed by atoms with E-state index in [1.54, 1.807) is 0 Å². The van der Waals surface area contributed by atoms with Gasteiger partial charge in [-0.05, 0) is 73.0 Å². The van der Waals surface area contributed by atoms with Crippen LogP contribution in [0.2, 0.25) is 0 Å². The molecule has 0 saturated heterocycles. The van der Waals surface area contributed by atoms with Crippen molar-refractivity contribution in [2.75, 3.05) is 0 Å². The number of aliphatic carboxylic acids is 1. The fraction of sp³-hybridized carbons (Fsp3) is 0.900. The summed E-state index contributed by atoms with van der Waals surface area (Å²) in [7, 11) is 0. The van der Waals surface area contributed by atoms with E-state index >= 15 is 0 Å². The zero-order valence-electron chi connectivity index (χ0n) is 14.5. The fourth-order valence-electron chi connectivity index (χ4n) is 8.59. The number of carbonyl (C=O) groups is 2. The highest BCUT2D eigenvalue weighted by atomic mass is 16.4. The third kappa shape index (κ3) is 1.34. The van der Waals surface area contributed by atoms with Gasteiger partial charge in [0.25, 0.3) is 0 Å². The van der Waals surface area contributed by atoms with Crippen molar-refractivity contribution in [3.63, 3.8) is 0 Å². The minimum absolute atomic E-state index is 0.192. The van der Waals surface area contributed by atoms with Gasteiger partial charge in [0.1, 0.15) is 5.78 Å². The van der Waals surface area contributed by atoms with Crippen molar-refractivity contribution in [3.05, 3.63) is 0 Å². The number of carbonyl (C=O) groups excluding carboxylic acids is 1. The van der Waals surface area contributed by atoms with E-state index in [0.29, 0.717) is 29.5 Å². The molecule has 0 radical (unpaired) electrons. The maximum absolute atomic E-state index is 12.5. The van der Waals surface area contributed by atoms with Crippen LogP contribution in [-0.2, 0) is 9.59 Å². The number of ketones is 1. The lowest BCUT2D eigenvalue weighted by molar-refractivity contribution is -0.176. The first kappa shape index (κ1) is 14.5. The standard InChI is InChI=1S/C20H28O3/c1-17(2)13-4-7-19-9-12-11(20(12,10-19)16(22)23)8-14(19)18(13,3)6-5-15(17)21/h11-14H,4-10H2,1-3H3,(H,22,23)/t11-,12+,13+,14+,18-,19+,20+/m1/s1. The van der Waals surface area contributed by atoms with Gasteiger partial charge >= 0.3 is 5.97 Å². The van der Waals surface area contributed by atoms with Gasteiger partial charge in [0.05, 0.1) is 5.41 Å². The van der Waals surface area contributed by atoms with Crippen LogP contribution in [0.1, 0.15) is 65.7 Å². The van der Waals surface area contributed by atoms with Gasteiger partial charge in [-0.3, -0.25) is 9.59 Å². The average Bonchev–Trinajstić information content (AvgIpc) is 2.99. The molecule has 6 aliphatic carbocycles. The summed E-state index contributed by atoms with van der Waals surface area (Å²) in [4.78, 5) is 24.4. The Kier molecular flexibility index (Phi) is 2.33. The number of carboxylic acids is 1. The van der Waals surface area contributed by atoms with Crippen molar-refractivity contribution in [2.45, 2.75) is 65.7 Å². The third-order valence-electron chi connectivity index (χ3n) is 9.60. The largest absolute Gasteiger partial charge is 0.481 e. The molecule has 0 aromatic carbocycles. The van der Waals surface area contributed by atoms with E-state index in [4.69, 9.17) is 0 Å². The molecule has 6 aliphatic rings. The van der Waals surface area contributed by atoms with Crippen LogP contribution in [0.3, 0.4) is 0 Å². The number of fused-ring (bicyclic) bond motifs is 1. The maximum Gasteiger partial charge on any atom is 0.310 e. The molecule has 3 nitrogen and oxygen atoms in total. The molecule has 0 aliphatic heterocycles. The lowest BCUT2D eigenvalue weighted by Crippen LogP contribution is -2.59. The van der Waals surface area contributed by atoms with E-state index in [2.05, 4.69) is 20.8 Å². The molecule has 126 valence electrons. The first-order valence-corrected chi connectivity index (χ1v) is 9.45. The predicted octanol–water partition coefficient (Wildman–Crippen LogP) is 3.91. The minimum atomic E-state index is -0.519. The van der Waals surface area contributed by atoms with E-state index in [1.165, 1.54) is 0 Å². The van der Waals surface area contributed by atoms with E-state index in [1.807, 2.05) is 0 Å². The Morgan fingerprint density at radius 2 is 1.87 bits per heavy atom. The quantitative estimate of drug-likeness (QED) is 0.798. The smallest absolute Gasteiger partial charge is 0.310 e. The maximum atomic E-state index is 12.5. The molecule has 3 heteroatoms. The van der Waals surface area contributed by atoms with E-state index < -0.39 is 5.97 Å². The molecule has 6 saturated carbocycles. The first-order chi connectivity index (χ1) is 10.7. The lowest BCUT2D eigenvalue weighted by Gasteiger charge is -2.64. The Bertz CT molecular complexity index is 637. The molecule has 0 unspecified atom stereocenters. The number of rotatable bonds is 1. The average molecular weight is 316 g/mol. The van der Waals surface area contributed by atoms with Crippen LogP contribution in [0.15, 0.2) is 0 Å². The Hall–Kier alpha value is -0.860. The van der Waals surface area contributed by atoms with Crippen molar-refractivity contribution in [3.8, 4) is 0 Å². The molecule has 4 bridgehead atoms. The van der Waals surface area contributed by atoms with Crippen molar-refractivity contribution >= 4 is 11.8 Å². The zero-order chi connectivity index (χ0) is 16.4. The zero-order valence-corrected chi connectivity index (χ0v) is 14.5. The Labute approximate surface area is 138 Å².